The van der Waals surface area contributed by atoms with Crippen molar-refractivity contribution in [1.82, 2.24) is 0 Å². The number of phenolic OH excluding ortho intramolecular Hbond substituents is 1. The monoisotopic (exact) mass is 346 g/mol. The summed E-state index contributed by atoms with van der Waals surface area (Å²) >= 11 is 4.76. The number of hydrogen-bond acceptors (Lipinski definition) is 3. The predicted octanol–water partition coefficient (Wildman–Crippen LogP) is 4.79. The number of phenols is 1. The molecule has 1 aliphatic rings. The maximum atomic E-state index is 12.3. The molecule has 2 aromatic rings. The van der Waals surface area contributed by atoms with E-state index >= 15 is 0 Å². The van der Waals surface area contributed by atoms with Gasteiger partial charge in [0, 0.05) is 16.0 Å². The van der Waals surface area contributed by atoms with Crippen molar-refractivity contribution in [3.63, 3.8) is 0 Å². The van der Waals surface area contributed by atoms with Crippen molar-refractivity contribution < 1.29 is 9.90 Å². The summed E-state index contributed by atoms with van der Waals surface area (Å²) in [5, 5.41) is 10.1. The third-order valence-electron chi connectivity index (χ3n) is 3.10. The normalized spacial score (nSPS) is 15.7. The van der Waals surface area contributed by atoms with E-state index in [0.717, 1.165) is 16.0 Å². The quantitative estimate of drug-likeness (QED) is 0.754. The molecular weight excluding hydrogens is 336 g/mol. The Hall–Kier alpha value is -1.52. The van der Waals surface area contributed by atoms with Crippen molar-refractivity contribution in [2.24, 2.45) is 0 Å². The van der Waals surface area contributed by atoms with Crippen molar-refractivity contribution >= 4 is 39.6 Å². The van der Waals surface area contributed by atoms with Crippen LogP contribution in [-0.2, 0) is 0 Å². The van der Waals surface area contributed by atoms with Crippen molar-refractivity contribution in [3.05, 3.63) is 62.5 Å². The molecule has 2 aromatic carbocycles. The maximum Gasteiger partial charge on any atom is 0.200 e. The Balaban J connectivity index is 2.06. The van der Waals surface area contributed by atoms with Gasteiger partial charge in [0.15, 0.2) is 0 Å². The molecule has 1 heterocycles. The molecule has 0 saturated carbocycles. The van der Waals surface area contributed by atoms with E-state index in [1.807, 2.05) is 43.3 Å². The first kappa shape index (κ1) is 13.5. The molecule has 0 amide bonds. The van der Waals surface area contributed by atoms with Gasteiger partial charge in [0.25, 0.3) is 0 Å². The van der Waals surface area contributed by atoms with Crippen LogP contribution in [-0.4, -0.2) is 10.9 Å². The largest absolute Gasteiger partial charge is 0.506 e. The fourth-order valence-corrected chi connectivity index (χ4v) is 3.78. The number of thioether (sulfide) groups is 1. The number of aryl methyl sites for hydroxylation is 1. The first-order chi connectivity index (χ1) is 9.56. The average Bonchev–Trinajstić information content (AvgIpc) is 2.73. The van der Waals surface area contributed by atoms with Crippen molar-refractivity contribution in [1.29, 1.82) is 0 Å². The molecule has 0 unspecified atom stereocenters. The van der Waals surface area contributed by atoms with Crippen LogP contribution in [0.1, 0.15) is 21.5 Å². The molecule has 4 heteroatoms. The van der Waals surface area contributed by atoms with Gasteiger partial charge in [-0.2, -0.15) is 0 Å². The molecular formula is C16H11BrO2S. The smallest absolute Gasteiger partial charge is 0.200 e. The van der Waals surface area contributed by atoms with E-state index in [9.17, 15) is 9.90 Å². The number of aromatic hydroxyl groups is 1. The van der Waals surface area contributed by atoms with E-state index in [0.29, 0.717) is 14.9 Å². The number of Topliss-reactive ketones (excluding diaryl/α,β-unsaturated/α-hetero) is 1. The highest BCUT2D eigenvalue weighted by molar-refractivity contribution is 9.10. The van der Waals surface area contributed by atoms with Crippen LogP contribution < -0.4 is 0 Å². The standard InChI is InChI=1S/C16H11BrO2S/c1-9-6-10(15(18)12(17)7-9)8-14-16(19)11-4-2-3-5-13(11)20-14/h2-8,18H,1H3/b14-8-. The first-order valence-corrected chi connectivity index (χ1v) is 7.69. The SMILES string of the molecule is Cc1cc(Br)c(O)c(/C=C2\Sc3ccccc3C2=O)c1. The fraction of sp³-hybridized carbons (Fsp3) is 0.0625. The minimum Gasteiger partial charge on any atom is -0.506 e. The highest BCUT2D eigenvalue weighted by Gasteiger charge is 2.25. The Morgan fingerprint density at radius 1 is 1.25 bits per heavy atom. The Kier molecular flexibility index (Phi) is 3.44. The number of carbonyl (C=O) groups excluding carboxylic acids is 1. The van der Waals surface area contributed by atoms with Gasteiger partial charge < -0.3 is 5.11 Å². The maximum absolute atomic E-state index is 12.3. The number of benzene rings is 2. The van der Waals surface area contributed by atoms with Gasteiger partial charge in [-0.05, 0) is 58.8 Å². The molecule has 0 aliphatic carbocycles. The first-order valence-electron chi connectivity index (χ1n) is 6.08. The molecule has 0 atom stereocenters. The molecule has 1 N–H and O–H groups in total. The second kappa shape index (κ2) is 5.11. The average molecular weight is 347 g/mol. The molecule has 3 rings (SSSR count). The summed E-state index contributed by atoms with van der Waals surface area (Å²) in [5.41, 5.74) is 2.41. The van der Waals surface area contributed by atoms with Crippen molar-refractivity contribution in [3.8, 4) is 5.75 Å². The molecule has 1 aliphatic heterocycles. The number of halogens is 1. The molecule has 0 fully saturated rings. The zero-order chi connectivity index (χ0) is 14.3. The third kappa shape index (κ3) is 2.30. The van der Waals surface area contributed by atoms with E-state index < -0.39 is 0 Å². The third-order valence-corrected chi connectivity index (χ3v) is 4.80. The molecule has 20 heavy (non-hydrogen) atoms. The van der Waals surface area contributed by atoms with Gasteiger partial charge in [-0.15, -0.1) is 0 Å². The topological polar surface area (TPSA) is 37.3 Å². The van der Waals surface area contributed by atoms with Crippen molar-refractivity contribution in [2.75, 3.05) is 0 Å². The van der Waals surface area contributed by atoms with Crippen LogP contribution in [0.5, 0.6) is 5.75 Å². The van der Waals surface area contributed by atoms with Crippen LogP contribution in [0.25, 0.3) is 6.08 Å². The Morgan fingerprint density at radius 2 is 2.00 bits per heavy atom. The summed E-state index contributed by atoms with van der Waals surface area (Å²) in [4.78, 5) is 13.9. The molecule has 0 saturated heterocycles. The van der Waals surface area contributed by atoms with Gasteiger partial charge in [-0.3, -0.25) is 4.79 Å². The summed E-state index contributed by atoms with van der Waals surface area (Å²) < 4.78 is 0.636. The van der Waals surface area contributed by atoms with Crippen LogP contribution in [0.4, 0.5) is 0 Å². The van der Waals surface area contributed by atoms with Gasteiger partial charge in [0.2, 0.25) is 5.78 Å². The summed E-state index contributed by atoms with van der Waals surface area (Å²) in [6, 6.07) is 11.3. The van der Waals surface area contributed by atoms with E-state index in [1.165, 1.54) is 11.8 Å². The summed E-state index contributed by atoms with van der Waals surface area (Å²) in [6.45, 7) is 1.95. The summed E-state index contributed by atoms with van der Waals surface area (Å²) in [7, 11) is 0. The number of fused-ring (bicyclic) bond motifs is 1. The Labute approximate surface area is 129 Å². The van der Waals surface area contributed by atoms with Crippen LogP contribution in [0.15, 0.2) is 50.7 Å². The number of hydrogen-bond donors (Lipinski definition) is 1. The van der Waals surface area contributed by atoms with Crippen LogP contribution in [0, 0.1) is 6.92 Å². The number of ketones is 1. The minimum absolute atomic E-state index is 0.0163. The highest BCUT2D eigenvalue weighted by atomic mass is 79.9. The zero-order valence-corrected chi connectivity index (χ0v) is 13.1. The highest BCUT2D eigenvalue weighted by Crippen LogP contribution is 2.42. The summed E-state index contributed by atoms with van der Waals surface area (Å²) in [6.07, 6.45) is 1.75. The lowest BCUT2D eigenvalue weighted by atomic mass is 10.1. The molecule has 2 nitrogen and oxygen atoms in total. The number of rotatable bonds is 1. The van der Waals surface area contributed by atoms with E-state index in [-0.39, 0.29) is 11.5 Å². The molecule has 0 spiro atoms. The van der Waals surface area contributed by atoms with Gasteiger partial charge in [0.05, 0.1) is 9.38 Å². The van der Waals surface area contributed by atoms with Gasteiger partial charge >= 0.3 is 0 Å². The lowest BCUT2D eigenvalue weighted by molar-refractivity contribution is 0.104. The fourth-order valence-electron chi connectivity index (χ4n) is 2.15. The van der Waals surface area contributed by atoms with Crippen LogP contribution >= 0.6 is 27.7 Å². The lowest BCUT2D eigenvalue weighted by Gasteiger charge is -2.05. The van der Waals surface area contributed by atoms with E-state index in [4.69, 9.17) is 0 Å². The van der Waals surface area contributed by atoms with Crippen LogP contribution in [0.3, 0.4) is 0 Å². The molecule has 0 radical (unpaired) electrons. The Morgan fingerprint density at radius 3 is 2.75 bits per heavy atom. The molecule has 0 aromatic heterocycles. The number of allylic oxidation sites excluding steroid dienone is 1. The minimum atomic E-state index is 0.0163. The lowest BCUT2D eigenvalue weighted by Crippen LogP contribution is -1.93. The van der Waals surface area contributed by atoms with E-state index in [1.54, 1.807) is 6.08 Å². The van der Waals surface area contributed by atoms with E-state index in [2.05, 4.69) is 15.9 Å². The van der Waals surface area contributed by atoms with Crippen LogP contribution in [0.2, 0.25) is 0 Å². The summed E-state index contributed by atoms with van der Waals surface area (Å²) in [5.74, 6) is 0.176. The number of carbonyl (C=O) groups is 1. The zero-order valence-electron chi connectivity index (χ0n) is 10.7. The van der Waals surface area contributed by atoms with Gasteiger partial charge in [-0.25, -0.2) is 0 Å². The Bertz CT molecular complexity index is 750. The van der Waals surface area contributed by atoms with Crippen molar-refractivity contribution in [2.45, 2.75) is 11.8 Å². The molecule has 100 valence electrons. The second-order valence-electron chi connectivity index (χ2n) is 4.62. The van der Waals surface area contributed by atoms with Gasteiger partial charge in [0.1, 0.15) is 5.75 Å². The van der Waals surface area contributed by atoms with Gasteiger partial charge in [-0.1, -0.05) is 23.9 Å². The molecule has 0 bridgehead atoms. The predicted molar refractivity (Wildman–Crippen MR) is 85.2 cm³/mol. The second-order valence-corrected chi connectivity index (χ2v) is 6.56.